The van der Waals surface area contributed by atoms with Gasteiger partial charge in [0.15, 0.2) is 5.69 Å². The molecule has 0 saturated heterocycles. The van der Waals surface area contributed by atoms with E-state index in [1.54, 1.807) is 37.5 Å². The second-order valence-electron chi connectivity index (χ2n) is 4.14. The van der Waals surface area contributed by atoms with E-state index in [2.05, 4.69) is 5.10 Å². The fourth-order valence-electron chi connectivity index (χ4n) is 1.70. The third-order valence-electron chi connectivity index (χ3n) is 2.61. The third-order valence-corrected chi connectivity index (χ3v) is 2.86. The Bertz CT molecular complexity index is 637. The zero-order valence-corrected chi connectivity index (χ0v) is 11.4. The van der Waals surface area contributed by atoms with Crippen LogP contribution in [-0.2, 0) is 11.8 Å². The van der Waals surface area contributed by atoms with Gasteiger partial charge in [0.1, 0.15) is 6.54 Å². The molecule has 1 heterocycles. The van der Waals surface area contributed by atoms with E-state index < -0.39 is 18.4 Å². The van der Waals surface area contributed by atoms with Crippen molar-refractivity contribution < 1.29 is 14.7 Å². The summed E-state index contributed by atoms with van der Waals surface area (Å²) >= 11 is 5.79. The molecule has 0 aliphatic heterocycles. The van der Waals surface area contributed by atoms with Gasteiger partial charge in [0.2, 0.25) is 0 Å². The van der Waals surface area contributed by atoms with E-state index in [0.717, 1.165) is 4.90 Å². The molecule has 1 amide bonds. The Hall–Kier alpha value is -2.34. The molecule has 1 N–H and O–H groups in total. The molecule has 0 aliphatic rings. The summed E-state index contributed by atoms with van der Waals surface area (Å²) < 4.78 is 1.48. The van der Waals surface area contributed by atoms with Crippen molar-refractivity contribution in [3.8, 4) is 0 Å². The first-order chi connectivity index (χ1) is 9.47. The van der Waals surface area contributed by atoms with Gasteiger partial charge < -0.3 is 5.11 Å². The average Bonchev–Trinajstić information content (AvgIpc) is 2.83. The number of aliphatic carboxylic acids is 1. The van der Waals surface area contributed by atoms with Gasteiger partial charge in [-0.3, -0.25) is 19.2 Å². The normalized spacial score (nSPS) is 10.3. The van der Waals surface area contributed by atoms with Gasteiger partial charge in [-0.1, -0.05) is 11.6 Å². The smallest absolute Gasteiger partial charge is 0.323 e. The Morgan fingerprint density at radius 1 is 1.30 bits per heavy atom. The molecule has 2 aromatic rings. The summed E-state index contributed by atoms with van der Waals surface area (Å²) in [6.07, 6.45) is 1.62. The summed E-state index contributed by atoms with van der Waals surface area (Å²) in [4.78, 5) is 24.4. The number of aryl methyl sites for hydroxylation is 1. The Morgan fingerprint density at radius 2 is 1.95 bits per heavy atom. The van der Waals surface area contributed by atoms with Gasteiger partial charge in [0, 0.05) is 24.0 Å². The molecule has 0 spiro atoms. The van der Waals surface area contributed by atoms with Gasteiger partial charge in [0.05, 0.1) is 0 Å². The number of rotatable bonds is 4. The van der Waals surface area contributed by atoms with Crippen molar-refractivity contribution in [3.05, 3.63) is 47.2 Å². The Labute approximate surface area is 120 Å². The molecule has 1 aromatic heterocycles. The number of aromatic nitrogens is 2. The number of amides is 1. The summed E-state index contributed by atoms with van der Waals surface area (Å²) in [6, 6.07) is 7.90. The highest BCUT2D eigenvalue weighted by Gasteiger charge is 2.22. The molecule has 0 fully saturated rings. The second kappa shape index (κ2) is 5.75. The standard InChI is InChI=1S/C13H12ClN3O3/c1-16-7-6-11(15-16)13(20)17(8-12(18)19)10-4-2-9(14)3-5-10/h2-7H,8H2,1H3,(H,18,19). The first-order valence-electron chi connectivity index (χ1n) is 5.76. The minimum Gasteiger partial charge on any atom is -0.480 e. The zero-order chi connectivity index (χ0) is 14.7. The lowest BCUT2D eigenvalue weighted by Crippen LogP contribution is -2.36. The number of anilines is 1. The van der Waals surface area contributed by atoms with E-state index in [9.17, 15) is 9.59 Å². The molecule has 0 saturated carbocycles. The number of carboxylic acids is 1. The van der Waals surface area contributed by atoms with Crippen molar-refractivity contribution in [2.45, 2.75) is 0 Å². The maximum absolute atomic E-state index is 12.3. The highest BCUT2D eigenvalue weighted by atomic mass is 35.5. The van der Waals surface area contributed by atoms with Gasteiger partial charge in [-0.2, -0.15) is 5.10 Å². The minimum absolute atomic E-state index is 0.184. The Morgan fingerprint density at radius 3 is 2.45 bits per heavy atom. The summed E-state index contributed by atoms with van der Waals surface area (Å²) in [5, 5.41) is 13.5. The lowest BCUT2D eigenvalue weighted by molar-refractivity contribution is -0.135. The maximum Gasteiger partial charge on any atom is 0.323 e. The Balaban J connectivity index is 2.34. The van der Waals surface area contributed by atoms with Crippen LogP contribution in [0.2, 0.25) is 5.02 Å². The van der Waals surface area contributed by atoms with Gasteiger partial charge in [-0.05, 0) is 30.3 Å². The minimum atomic E-state index is -1.11. The molecule has 0 bridgehead atoms. The van der Waals surface area contributed by atoms with Crippen LogP contribution in [0.5, 0.6) is 0 Å². The summed E-state index contributed by atoms with van der Waals surface area (Å²) in [6.45, 7) is -0.447. The van der Waals surface area contributed by atoms with Crippen LogP contribution >= 0.6 is 11.6 Å². The molecule has 7 heteroatoms. The highest BCUT2D eigenvalue weighted by Crippen LogP contribution is 2.19. The Kier molecular flexibility index (Phi) is 4.05. The van der Waals surface area contributed by atoms with Crippen molar-refractivity contribution in [3.63, 3.8) is 0 Å². The molecule has 0 atom stereocenters. The number of hydrogen-bond donors (Lipinski definition) is 1. The summed E-state index contributed by atoms with van der Waals surface area (Å²) in [7, 11) is 1.68. The fraction of sp³-hybridized carbons (Fsp3) is 0.154. The number of carbonyl (C=O) groups excluding carboxylic acids is 1. The van der Waals surface area contributed by atoms with Crippen LogP contribution in [-0.4, -0.2) is 33.3 Å². The SMILES string of the molecule is Cn1ccc(C(=O)N(CC(=O)O)c2ccc(Cl)cc2)n1. The first-order valence-corrected chi connectivity index (χ1v) is 6.14. The number of carbonyl (C=O) groups is 2. The fourth-order valence-corrected chi connectivity index (χ4v) is 1.83. The molecule has 0 unspecified atom stereocenters. The quantitative estimate of drug-likeness (QED) is 0.933. The van der Waals surface area contributed by atoms with E-state index in [-0.39, 0.29) is 5.69 Å². The number of nitrogens with zero attached hydrogens (tertiary/aromatic N) is 3. The molecular formula is C13H12ClN3O3. The van der Waals surface area contributed by atoms with Crippen LogP contribution in [0.3, 0.4) is 0 Å². The molecule has 0 radical (unpaired) electrons. The van der Waals surface area contributed by atoms with Crippen molar-refractivity contribution in [1.29, 1.82) is 0 Å². The van der Waals surface area contributed by atoms with Crippen molar-refractivity contribution in [2.24, 2.45) is 7.05 Å². The van der Waals surface area contributed by atoms with E-state index >= 15 is 0 Å². The predicted molar refractivity (Wildman–Crippen MR) is 74.0 cm³/mol. The molecule has 2 rings (SSSR count). The number of halogens is 1. The van der Waals surface area contributed by atoms with Crippen LogP contribution in [0.25, 0.3) is 0 Å². The average molecular weight is 294 g/mol. The third kappa shape index (κ3) is 3.16. The number of carboxylic acid groups (broad SMARTS) is 1. The van der Waals surface area contributed by atoms with Crippen molar-refractivity contribution >= 4 is 29.2 Å². The van der Waals surface area contributed by atoms with Gasteiger partial charge in [0.25, 0.3) is 5.91 Å². The van der Waals surface area contributed by atoms with Gasteiger partial charge >= 0.3 is 5.97 Å². The molecule has 0 aliphatic carbocycles. The zero-order valence-electron chi connectivity index (χ0n) is 10.7. The van der Waals surface area contributed by atoms with E-state index in [1.165, 1.54) is 10.7 Å². The second-order valence-corrected chi connectivity index (χ2v) is 4.57. The molecule has 1 aromatic carbocycles. The van der Waals surface area contributed by atoms with Crippen LogP contribution in [0, 0.1) is 0 Å². The topological polar surface area (TPSA) is 75.4 Å². The van der Waals surface area contributed by atoms with Gasteiger partial charge in [-0.15, -0.1) is 0 Å². The predicted octanol–water partition coefficient (Wildman–Crippen LogP) is 1.80. The van der Waals surface area contributed by atoms with Crippen molar-refractivity contribution in [1.82, 2.24) is 9.78 Å². The summed E-state index contributed by atoms with van der Waals surface area (Å²) in [5.41, 5.74) is 0.635. The largest absolute Gasteiger partial charge is 0.480 e. The molecule has 6 nitrogen and oxygen atoms in total. The van der Waals surface area contributed by atoms with E-state index in [4.69, 9.17) is 16.7 Å². The molecule has 104 valence electrons. The van der Waals surface area contributed by atoms with E-state index in [0.29, 0.717) is 10.7 Å². The lowest BCUT2D eigenvalue weighted by Gasteiger charge is -2.19. The maximum atomic E-state index is 12.3. The lowest BCUT2D eigenvalue weighted by atomic mass is 10.2. The van der Waals surface area contributed by atoms with Crippen LogP contribution in [0.1, 0.15) is 10.5 Å². The van der Waals surface area contributed by atoms with E-state index in [1.807, 2.05) is 0 Å². The van der Waals surface area contributed by atoms with Crippen molar-refractivity contribution in [2.75, 3.05) is 11.4 Å². The number of hydrogen-bond acceptors (Lipinski definition) is 3. The molecule has 20 heavy (non-hydrogen) atoms. The van der Waals surface area contributed by atoms with Crippen LogP contribution in [0.15, 0.2) is 36.5 Å². The van der Waals surface area contributed by atoms with Gasteiger partial charge in [-0.25, -0.2) is 0 Å². The highest BCUT2D eigenvalue weighted by molar-refractivity contribution is 6.30. The monoisotopic (exact) mass is 293 g/mol. The first kappa shape index (κ1) is 14.1. The van der Waals surface area contributed by atoms with Crippen LogP contribution < -0.4 is 4.90 Å². The summed E-state index contributed by atoms with van der Waals surface area (Å²) in [5.74, 6) is -1.58. The number of benzene rings is 1. The molecular weight excluding hydrogens is 282 g/mol. The van der Waals surface area contributed by atoms with Crippen LogP contribution in [0.4, 0.5) is 5.69 Å².